The van der Waals surface area contributed by atoms with Crippen molar-refractivity contribution in [2.24, 2.45) is 0 Å². The zero-order chi connectivity index (χ0) is 18.5. The molecular formula is C19H17ClN2O4. The second-order valence-corrected chi connectivity index (χ2v) is 6.17. The van der Waals surface area contributed by atoms with E-state index >= 15 is 0 Å². The fraction of sp³-hybridized carbons (Fsp3) is 0.211. The number of hydrogen-bond donors (Lipinski definition) is 0. The number of esters is 1. The number of carbonyl (C=O) groups is 1. The Bertz CT molecular complexity index is 923. The van der Waals surface area contributed by atoms with Gasteiger partial charge in [-0.25, -0.2) is 4.79 Å². The van der Waals surface area contributed by atoms with Gasteiger partial charge in [0, 0.05) is 10.6 Å². The van der Waals surface area contributed by atoms with Crippen LogP contribution in [0.1, 0.15) is 17.0 Å². The Balaban J connectivity index is 1.52. The Labute approximate surface area is 155 Å². The maximum Gasteiger partial charge on any atom is 0.344 e. The maximum atomic E-state index is 11.8. The summed E-state index contributed by atoms with van der Waals surface area (Å²) in [4.78, 5) is 11.8. The largest absolute Gasteiger partial charge is 0.482 e. The van der Waals surface area contributed by atoms with Crippen LogP contribution in [0.2, 0.25) is 5.02 Å². The molecule has 0 atom stereocenters. The lowest BCUT2D eigenvalue weighted by molar-refractivity contribution is -0.148. The monoisotopic (exact) mass is 372 g/mol. The molecule has 0 aliphatic rings. The van der Waals surface area contributed by atoms with E-state index < -0.39 is 5.97 Å². The van der Waals surface area contributed by atoms with Crippen molar-refractivity contribution in [2.75, 3.05) is 6.61 Å². The number of ether oxygens (including phenoxy) is 2. The normalized spacial score (nSPS) is 10.6. The highest BCUT2D eigenvalue weighted by Crippen LogP contribution is 2.22. The van der Waals surface area contributed by atoms with Gasteiger partial charge in [0.2, 0.25) is 5.89 Å². The van der Waals surface area contributed by atoms with Gasteiger partial charge >= 0.3 is 5.97 Å². The first kappa shape index (κ1) is 17.9. The lowest BCUT2D eigenvalue weighted by Crippen LogP contribution is -2.15. The Morgan fingerprint density at radius 1 is 1.15 bits per heavy atom. The summed E-state index contributed by atoms with van der Waals surface area (Å²) in [6.45, 7) is 3.49. The minimum Gasteiger partial charge on any atom is -0.482 e. The molecule has 0 saturated carbocycles. The highest BCUT2D eigenvalue weighted by molar-refractivity contribution is 6.30. The Kier molecular flexibility index (Phi) is 5.53. The molecule has 0 bridgehead atoms. The number of rotatable bonds is 6. The molecule has 3 rings (SSSR count). The number of carbonyl (C=O) groups excluding carboxylic acids is 1. The Hall–Kier alpha value is -2.86. The molecule has 0 N–H and O–H groups in total. The number of halogens is 1. The van der Waals surface area contributed by atoms with E-state index in [1.54, 1.807) is 18.2 Å². The maximum absolute atomic E-state index is 11.8. The fourth-order valence-corrected chi connectivity index (χ4v) is 2.53. The number of aromatic nitrogens is 2. The van der Waals surface area contributed by atoms with Crippen molar-refractivity contribution in [3.63, 3.8) is 0 Å². The van der Waals surface area contributed by atoms with E-state index in [0.29, 0.717) is 16.7 Å². The summed E-state index contributed by atoms with van der Waals surface area (Å²) in [6.07, 6.45) is 0. The van der Waals surface area contributed by atoms with Gasteiger partial charge < -0.3 is 13.9 Å². The molecule has 2 aromatic carbocycles. The number of benzene rings is 2. The number of aryl methyl sites for hydroxylation is 2. The zero-order valence-electron chi connectivity index (χ0n) is 14.4. The molecule has 0 aliphatic heterocycles. The van der Waals surface area contributed by atoms with Crippen molar-refractivity contribution >= 4 is 17.6 Å². The molecule has 0 spiro atoms. The second-order valence-electron chi connectivity index (χ2n) is 5.73. The third-order valence-corrected chi connectivity index (χ3v) is 3.81. The highest BCUT2D eigenvalue weighted by Gasteiger charge is 2.12. The Morgan fingerprint density at radius 3 is 2.77 bits per heavy atom. The summed E-state index contributed by atoms with van der Waals surface area (Å²) < 4.78 is 16.0. The average molecular weight is 373 g/mol. The van der Waals surface area contributed by atoms with Crippen LogP contribution in [0.5, 0.6) is 5.75 Å². The molecule has 7 heteroatoms. The molecule has 0 amide bonds. The molecular weight excluding hydrogens is 356 g/mol. The predicted molar refractivity (Wildman–Crippen MR) is 96.0 cm³/mol. The van der Waals surface area contributed by atoms with Crippen LogP contribution in [0.3, 0.4) is 0 Å². The van der Waals surface area contributed by atoms with Gasteiger partial charge in [0.25, 0.3) is 5.89 Å². The van der Waals surface area contributed by atoms with Gasteiger partial charge in [-0.1, -0.05) is 29.3 Å². The average Bonchev–Trinajstić information content (AvgIpc) is 3.08. The first-order valence-electron chi connectivity index (χ1n) is 7.95. The summed E-state index contributed by atoms with van der Waals surface area (Å²) in [5.41, 5.74) is 2.74. The summed E-state index contributed by atoms with van der Waals surface area (Å²) in [6, 6.07) is 12.9. The molecule has 0 unspecified atom stereocenters. The fourth-order valence-electron chi connectivity index (χ4n) is 2.30. The minimum absolute atomic E-state index is 0.111. The van der Waals surface area contributed by atoms with E-state index in [9.17, 15) is 4.79 Å². The van der Waals surface area contributed by atoms with Crippen molar-refractivity contribution in [3.8, 4) is 17.2 Å². The quantitative estimate of drug-likeness (QED) is 0.606. The van der Waals surface area contributed by atoms with Gasteiger partial charge in [-0.3, -0.25) is 0 Å². The minimum atomic E-state index is -0.533. The van der Waals surface area contributed by atoms with Gasteiger partial charge in [0.1, 0.15) is 5.75 Å². The van der Waals surface area contributed by atoms with E-state index in [1.165, 1.54) is 0 Å². The van der Waals surface area contributed by atoms with Crippen molar-refractivity contribution in [1.29, 1.82) is 0 Å². The molecule has 6 nitrogen and oxygen atoms in total. The predicted octanol–water partition coefficient (Wildman–Crippen LogP) is 4.13. The Morgan fingerprint density at radius 2 is 2.00 bits per heavy atom. The van der Waals surface area contributed by atoms with Crippen LogP contribution in [0.25, 0.3) is 11.5 Å². The van der Waals surface area contributed by atoms with E-state index in [2.05, 4.69) is 10.2 Å². The van der Waals surface area contributed by atoms with Crippen LogP contribution in [0.15, 0.2) is 46.9 Å². The first-order valence-corrected chi connectivity index (χ1v) is 8.33. The van der Waals surface area contributed by atoms with Gasteiger partial charge in [0.15, 0.2) is 13.2 Å². The third kappa shape index (κ3) is 4.61. The van der Waals surface area contributed by atoms with Gasteiger partial charge in [-0.2, -0.15) is 0 Å². The molecule has 1 heterocycles. The van der Waals surface area contributed by atoms with Crippen LogP contribution in [0, 0.1) is 13.8 Å². The molecule has 3 aromatic rings. The second kappa shape index (κ2) is 8.01. The molecule has 0 saturated heterocycles. The molecule has 26 heavy (non-hydrogen) atoms. The van der Waals surface area contributed by atoms with Gasteiger partial charge in [-0.05, 0) is 49.7 Å². The summed E-state index contributed by atoms with van der Waals surface area (Å²) in [7, 11) is 0. The molecule has 1 aromatic heterocycles. The number of nitrogens with zero attached hydrogens (tertiary/aromatic N) is 2. The standard InChI is InChI=1S/C19H17ClN2O4/c1-12-4-3-5-14(8-12)19-22-21-17(26-19)10-25-18(23)11-24-16-7-6-15(20)9-13(16)2/h3-9H,10-11H2,1-2H3. The topological polar surface area (TPSA) is 74.5 Å². The molecule has 0 aliphatic carbocycles. The van der Waals surface area contributed by atoms with Crippen LogP contribution in [-0.2, 0) is 16.1 Å². The van der Waals surface area contributed by atoms with Crippen molar-refractivity contribution in [3.05, 3.63) is 64.5 Å². The van der Waals surface area contributed by atoms with Crippen LogP contribution in [0.4, 0.5) is 0 Å². The first-order chi connectivity index (χ1) is 12.5. The summed E-state index contributed by atoms with van der Waals surface area (Å²) in [5.74, 6) is 0.644. The lowest BCUT2D eigenvalue weighted by atomic mass is 10.1. The third-order valence-electron chi connectivity index (χ3n) is 3.57. The van der Waals surface area contributed by atoms with Crippen molar-refractivity contribution in [1.82, 2.24) is 10.2 Å². The van der Waals surface area contributed by atoms with E-state index in [-0.39, 0.29) is 19.1 Å². The van der Waals surface area contributed by atoms with Crippen LogP contribution in [-0.4, -0.2) is 22.8 Å². The van der Waals surface area contributed by atoms with E-state index in [1.807, 2.05) is 38.1 Å². The van der Waals surface area contributed by atoms with Crippen molar-refractivity contribution in [2.45, 2.75) is 20.5 Å². The van der Waals surface area contributed by atoms with E-state index in [0.717, 1.165) is 16.7 Å². The van der Waals surface area contributed by atoms with Crippen molar-refractivity contribution < 1.29 is 18.7 Å². The van der Waals surface area contributed by atoms with Crippen LogP contribution < -0.4 is 4.74 Å². The molecule has 0 radical (unpaired) electrons. The lowest BCUT2D eigenvalue weighted by Gasteiger charge is -2.08. The summed E-state index contributed by atoms with van der Waals surface area (Å²) >= 11 is 5.88. The molecule has 134 valence electrons. The zero-order valence-corrected chi connectivity index (χ0v) is 15.1. The summed E-state index contributed by atoms with van der Waals surface area (Å²) in [5, 5.41) is 8.46. The highest BCUT2D eigenvalue weighted by atomic mass is 35.5. The van der Waals surface area contributed by atoms with Crippen LogP contribution >= 0.6 is 11.6 Å². The number of hydrogen-bond acceptors (Lipinski definition) is 6. The SMILES string of the molecule is Cc1cccc(-c2nnc(COC(=O)COc3ccc(Cl)cc3C)o2)c1. The molecule has 0 fully saturated rings. The van der Waals surface area contributed by atoms with Gasteiger partial charge in [0.05, 0.1) is 0 Å². The van der Waals surface area contributed by atoms with Gasteiger partial charge in [-0.15, -0.1) is 10.2 Å². The smallest absolute Gasteiger partial charge is 0.344 e. The van der Waals surface area contributed by atoms with E-state index in [4.69, 9.17) is 25.5 Å².